The molecule has 5 nitrogen and oxygen atoms in total. The molecular weight excluding hydrogens is 450 g/mol. The van der Waals surface area contributed by atoms with Crippen LogP contribution in [0.15, 0.2) is 30.3 Å². The van der Waals surface area contributed by atoms with E-state index in [2.05, 4.69) is 23.5 Å². The smallest absolute Gasteiger partial charge is 0.264 e. The molecule has 162 valence electrons. The van der Waals surface area contributed by atoms with E-state index in [4.69, 9.17) is 32.7 Å². The average Bonchev–Trinajstić information content (AvgIpc) is 2.65. The van der Waals surface area contributed by atoms with Gasteiger partial charge in [0.05, 0.1) is 35.3 Å². The number of benzene rings is 2. The fourth-order valence-corrected chi connectivity index (χ4v) is 3.64. The Morgan fingerprint density at radius 3 is 2.57 bits per heavy atom. The van der Waals surface area contributed by atoms with Crippen LogP contribution in [0.3, 0.4) is 0 Å². The van der Waals surface area contributed by atoms with Crippen molar-refractivity contribution in [2.24, 2.45) is 5.92 Å². The third-order valence-electron chi connectivity index (χ3n) is 4.46. The second kappa shape index (κ2) is 9.98. The minimum absolute atomic E-state index is 0.119. The summed E-state index contributed by atoms with van der Waals surface area (Å²) in [7, 11) is 0. The van der Waals surface area contributed by atoms with E-state index >= 15 is 0 Å². The zero-order chi connectivity index (χ0) is 21.8. The number of nitrogens with one attached hydrogen (secondary N) is 1. The summed E-state index contributed by atoms with van der Waals surface area (Å²) in [4.78, 5) is 13.9. The zero-order valence-electron chi connectivity index (χ0n) is 16.9. The van der Waals surface area contributed by atoms with Crippen LogP contribution in [0.1, 0.15) is 24.2 Å². The van der Waals surface area contributed by atoms with Crippen LogP contribution in [0.5, 0.6) is 11.5 Å². The highest BCUT2D eigenvalue weighted by atomic mass is 35.5. The number of ether oxygens (including phenoxy) is 2. The molecule has 1 N–H and O–H groups in total. The highest BCUT2D eigenvalue weighted by molar-refractivity contribution is 7.97. The molecule has 9 heteroatoms. The molecule has 0 aliphatic carbocycles. The average molecular weight is 473 g/mol. The first-order chi connectivity index (χ1) is 14.3. The first-order valence-corrected chi connectivity index (χ1v) is 11.4. The first kappa shape index (κ1) is 22.8. The minimum Gasteiger partial charge on any atom is -0.492 e. The van der Waals surface area contributed by atoms with Gasteiger partial charge in [0.2, 0.25) is 0 Å². The van der Waals surface area contributed by atoms with E-state index in [1.54, 1.807) is 6.26 Å². The zero-order valence-corrected chi connectivity index (χ0v) is 19.2. The summed E-state index contributed by atoms with van der Waals surface area (Å²) in [5.74, 6) is 0.0758. The lowest BCUT2D eigenvalue weighted by Crippen LogP contribution is -2.54. The van der Waals surface area contributed by atoms with E-state index in [1.165, 1.54) is 6.07 Å². The van der Waals surface area contributed by atoms with Gasteiger partial charge in [0.25, 0.3) is 5.91 Å². The van der Waals surface area contributed by atoms with Crippen molar-refractivity contribution < 1.29 is 18.7 Å². The number of anilines is 1. The van der Waals surface area contributed by atoms with E-state index in [-0.39, 0.29) is 22.4 Å². The van der Waals surface area contributed by atoms with E-state index in [0.717, 1.165) is 23.7 Å². The fraction of sp³-hybridized carbons (Fsp3) is 0.381. The van der Waals surface area contributed by atoms with E-state index < -0.39 is 11.7 Å². The van der Waals surface area contributed by atoms with Crippen LogP contribution in [0.4, 0.5) is 10.1 Å². The second-order valence-electron chi connectivity index (χ2n) is 7.36. The standard InChI is InChI=1S/C21H23Cl2FN2O3S/c1-12(2)11-28-19-5-4-13(6-16(19)22)26-9-14(10-26)29-20-8-18(24)15(7-17(20)23)21(27)25-30-3/h4-8,12,14H,9-11H2,1-3H3,(H,25,27). The van der Waals surface area contributed by atoms with Crippen molar-refractivity contribution in [2.45, 2.75) is 20.0 Å². The van der Waals surface area contributed by atoms with E-state index in [9.17, 15) is 9.18 Å². The molecule has 0 atom stereocenters. The molecule has 0 radical (unpaired) electrons. The summed E-state index contributed by atoms with van der Waals surface area (Å²) >= 11 is 13.6. The van der Waals surface area contributed by atoms with E-state index in [0.29, 0.717) is 36.4 Å². The molecule has 0 bridgehead atoms. The van der Waals surface area contributed by atoms with Gasteiger partial charge < -0.3 is 14.4 Å². The Balaban J connectivity index is 1.59. The van der Waals surface area contributed by atoms with Crippen molar-refractivity contribution in [3.8, 4) is 11.5 Å². The molecule has 0 aromatic heterocycles. The van der Waals surface area contributed by atoms with Crippen LogP contribution < -0.4 is 19.1 Å². The Morgan fingerprint density at radius 2 is 1.93 bits per heavy atom. The molecule has 3 rings (SSSR count). The van der Waals surface area contributed by atoms with Crippen molar-refractivity contribution in [3.63, 3.8) is 0 Å². The maximum absolute atomic E-state index is 14.3. The Labute approximate surface area is 189 Å². The normalized spacial score (nSPS) is 13.9. The highest BCUT2D eigenvalue weighted by Gasteiger charge is 2.30. The largest absolute Gasteiger partial charge is 0.492 e. The molecule has 1 aliphatic rings. The van der Waals surface area contributed by atoms with Gasteiger partial charge in [-0.3, -0.25) is 9.52 Å². The summed E-state index contributed by atoms with van der Waals surface area (Å²) in [6.45, 7) is 5.97. The molecule has 30 heavy (non-hydrogen) atoms. The molecule has 1 amide bonds. The third-order valence-corrected chi connectivity index (χ3v) is 5.44. The number of halogens is 3. The first-order valence-electron chi connectivity index (χ1n) is 9.44. The lowest BCUT2D eigenvalue weighted by Gasteiger charge is -2.41. The Hall–Kier alpha value is -1.83. The molecule has 0 spiro atoms. The Kier molecular flexibility index (Phi) is 7.60. The quantitative estimate of drug-likeness (QED) is 0.518. The van der Waals surface area contributed by atoms with Gasteiger partial charge in [-0.25, -0.2) is 4.39 Å². The number of nitrogens with zero attached hydrogens (tertiary/aromatic N) is 1. The van der Waals surface area contributed by atoms with Gasteiger partial charge in [-0.15, -0.1) is 0 Å². The molecular formula is C21H23Cl2FN2O3S. The van der Waals surface area contributed by atoms with Gasteiger partial charge in [0.1, 0.15) is 23.4 Å². The van der Waals surface area contributed by atoms with Crippen LogP contribution in [0.2, 0.25) is 10.0 Å². The van der Waals surface area contributed by atoms with Gasteiger partial charge in [-0.2, -0.15) is 0 Å². The molecule has 1 aliphatic heterocycles. The maximum Gasteiger partial charge on any atom is 0.264 e. The van der Waals surface area contributed by atoms with Gasteiger partial charge in [0.15, 0.2) is 0 Å². The van der Waals surface area contributed by atoms with Crippen LogP contribution in [0.25, 0.3) is 0 Å². The lowest BCUT2D eigenvalue weighted by atomic mass is 10.1. The highest BCUT2D eigenvalue weighted by Crippen LogP contribution is 2.34. The Morgan fingerprint density at radius 1 is 1.23 bits per heavy atom. The minimum atomic E-state index is -0.680. The molecule has 2 aromatic rings. The second-order valence-corrected chi connectivity index (χ2v) is 8.79. The number of carbonyl (C=O) groups excluding carboxylic acids is 1. The predicted molar refractivity (Wildman–Crippen MR) is 121 cm³/mol. The number of carbonyl (C=O) groups is 1. The fourth-order valence-electron chi connectivity index (χ4n) is 2.90. The lowest BCUT2D eigenvalue weighted by molar-refractivity contribution is 0.0980. The number of amides is 1. The molecule has 0 saturated carbocycles. The van der Waals surface area contributed by atoms with Crippen LogP contribution in [0, 0.1) is 11.7 Å². The monoisotopic (exact) mass is 472 g/mol. The van der Waals surface area contributed by atoms with Gasteiger partial charge in [-0.05, 0) is 30.2 Å². The van der Waals surface area contributed by atoms with Crippen LogP contribution >= 0.6 is 35.1 Å². The maximum atomic E-state index is 14.3. The summed E-state index contributed by atoms with van der Waals surface area (Å²) in [5, 5.41) is 0.748. The number of rotatable bonds is 8. The predicted octanol–water partition coefficient (Wildman–Crippen LogP) is 5.44. The van der Waals surface area contributed by atoms with E-state index in [1.807, 2.05) is 18.2 Å². The van der Waals surface area contributed by atoms with Crippen LogP contribution in [-0.2, 0) is 0 Å². The molecule has 1 heterocycles. The molecule has 2 aromatic carbocycles. The van der Waals surface area contributed by atoms with Gasteiger partial charge in [0, 0.05) is 18.0 Å². The summed E-state index contributed by atoms with van der Waals surface area (Å²) < 4.78 is 28.3. The Bertz CT molecular complexity index is 923. The third kappa shape index (κ3) is 5.45. The van der Waals surface area contributed by atoms with Crippen molar-refractivity contribution in [1.82, 2.24) is 4.72 Å². The molecule has 0 unspecified atom stereocenters. The van der Waals surface area contributed by atoms with Crippen molar-refractivity contribution >= 4 is 46.7 Å². The van der Waals surface area contributed by atoms with Gasteiger partial charge >= 0.3 is 0 Å². The number of hydrogen-bond acceptors (Lipinski definition) is 5. The summed E-state index contributed by atoms with van der Waals surface area (Å²) in [6, 6.07) is 8.10. The topological polar surface area (TPSA) is 50.8 Å². The molecule has 1 saturated heterocycles. The molecule has 1 fully saturated rings. The number of hydrogen-bond donors (Lipinski definition) is 1. The van der Waals surface area contributed by atoms with Crippen molar-refractivity contribution in [2.75, 3.05) is 30.9 Å². The SMILES string of the molecule is CSNC(=O)c1cc(Cl)c(OC2CN(c3ccc(OCC(C)C)c(Cl)c3)C2)cc1F. The van der Waals surface area contributed by atoms with Crippen molar-refractivity contribution in [3.05, 3.63) is 51.8 Å². The van der Waals surface area contributed by atoms with Gasteiger partial charge in [-0.1, -0.05) is 49.0 Å². The summed E-state index contributed by atoms with van der Waals surface area (Å²) in [6.07, 6.45) is 1.53. The van der Waals surface area contributed by atoms with Crippen molar-refractivity contribution in [1.29, 1.82) is 0 Å². The van der Waals surface area contributed by atoms with Crippen LogP contribution in [-0.4, -0.2) is 38.0 Å². The summed E-state index contributed by atoms with van der Waals surface area (Å²) in [5.41, 5.74) is 0.837.